The lowest BCUT2D eigenvalue weighted by Crippen LogP contribution is -2.28. The van der Waals surface area contributed by atoms with Crippen LogP contribution in [0.4, 0.5) is 0 Å². The van der Waals surface area contributed by atoms with Crippen molar-refractivity contribution in [3.05, 3.63) is 94.3 Å². The Bertz CT molecular complexity index is 1150. The van der Waals surface area contributed by atoms with Crippen LogP contribution in [-0.4, -0.2) is 27.3 Å². The Morgan fingerprint density at radius 1 is 1.07 bits per heavy atom. The Labute approximate surface area is 178 Å². The lowest BCUT2D eigenvalue weighted by Gasteiger charge is -2.12. The molecule has 150 valence electrons. The van der Waals surface area contributed by atoms with E-state index < -0.39 is 0 Å². The predicted molar refractivity (Wildman–Crippen MR) is 119 cm³/mol. The summed E-state index contributed by atoms with van der Waals surface area (Å²) < 4.78 is 5.40. The molecule has 1 N–H and O–H groups in total. The first-order chi connectivity index (χ1) is 14.6. The lowest BCUT2D eigenvalue weighted by atomic mass is 10.1. The first-order valence-corrected chi connectivity index (χ1v) is 10.1. The quantitative estimate of drug-likeness (QED) is 0.367. The van der Waals surface area contributed by atoms with E-state index in [0.717, 1.165) is 11.1 Å². The average Bonchev–Trinajstić information content (AvgIpc) is 3.35. The Balaban J connectivity index is 1.65. The molecule has 0 saturated carbocycles. The van der Waals surface area contributed by atoms with Gasteiger partial charge in [-0.3, -0.25) is 9.69 Å². The topological polar surface area (TPSA) is 78.4 Å². The van der Waals surface area contributed by atoms with Crippen LogP contribution in [0.25, 0.3) is 6.08 Å². The second-order valence-electron chi connectivity index (χ2n) is 6.62. The van der Waals surface area contributed by atoms with Gasteiger partial charge in [0.1, 0.15) is 11.5 Å². The molecule has 1 aliphatic heterocycles. The molecule has 0 spiro atoms. The van der Waals surface area contributed by atoms with Crippen LogP contribution in [-0.2, 0) is 11.3 Å². The second-order valence-corrected chi connectivity index (χ2v) is 7.63. The van der Waals surface area contributed by atoms with E-state index in [9.17, 15) is 9.90 Å². The number of amidine groups is 1. The van der Waals surface area contributed by atoms with E-state index in [-0.39, 0.29) is 18.2 Å². The zero-order chi connectivity index (χ0) is 20.9. The third kappa shape index (κ3) is 4.36. The van der Waals surface area contributed by atoms with Gasteiger partial charge in [0.25, 0.3) is 5.91 Å². The highest BCUT2D eigenvalue weighted by molar-refractivity contribution is 8.18. The van der Waals surface area contributed by atoms with Gasteiger partial charge in [-0.2, -0.15) is 5.10 Å². The number of carbonyl (C=O) groups is 1. The molecule has 30 heavy (non-hydrogen) atoms. The number of benzene rings is 2. The minimum atomic E-state index is -0.218. The minimum absolute atomic E-state index is 0.110. The molecule has 1 saturated heterocycles. The zero-order valence-corrected chi connectivity index (χ0v) is 17.0. The normalized spacial score (nSPS) is 17.0. The highest BCUT2D eigenvalue weighted by Gasteiger charge is 2.34. The molecule has 1 aliphatic rings. The number of hydrogen-bond acceptors (Lipinski definition) is 6. The fourth-order valence-corrected chi connectivity index (χ4v) is 3.83. The molecule has 0 aliphatic carbocycles. The van der Waals surface area contributed by atoms with Crippen LogP contribution in [0, 0.1) is 6.92 Å². The van der Waals surface area contributed by atoms with Crippen molar-refractivity contribution in [3.63, 3.8) is 0 Å². The largest absolute Gasteiger partial charge is 0.507 e. The van der Waals surface area contributed by atoms with Crippen LogP contribution in [0.2, 0.25) is 0 Å². The van der Waals surface area contributed by atoms with Crippen molar-refractivity contribution in [3.8, 4) is 5.75 Å². The SMILES string of the molecule is Cc1ccccc1/C=N\N=C1\S/C(=C\c2ccccc2O)C(=O)N1Cc1ccco1. The van der Waals surface area contributed by atoms with Gasteiger partial charge < -0.3 is 9.52 Å². The summed E-state index contributed by atoms with van der Waals surface area (Å²) in [5, 5.41) is 19.0. The molecule has 3 aromatic rings. The number of amides is 1. The first-order valence-electron chi connectivity index (χ1n) is 9.30. The number of nitrogens with zero attached hydrogens (tertiary/aromatic N) is 3. The van der Waals surface area contributed by atoms with Crippen molar-refractivity contribution in [2.45, 2.75) is 13.5 Å². The molecule has 6 nitrogen and oxygen atoms in total. The van der Waals surface area contributed by atoms with Crippen LogP contribution in [0.15, 0.2) is 86.5 Å². The van der Waals surface area contributed by atoms with E-state index in [1.54, 1.807) is 55.0 Å². The van der Waals surface area contributed by atoms with E-state index >= 15 is 0 Å². The van der Waals surface area contributed by atoms with Crippen LogP contribution in [0.3, 0.4) is 0 Å². The number of phenolic OH excluding ortho intramolecular Hbond substituents is 1. The van der Waals surface area contributed by atoms with Crippen molar-refractivity contribution in [1.29, 1.82) is 0 Å². The number of phenols is 1. The number of thioether (sulfide) groups is 1. The Kier molecular flexibility index (Phi) is 5.81. The fourth-order valence-electron chi connectivity index (χ4n) is 2.90. The molecule has 7 heteroatoms. The van der Waals surface area contributed by atoms with Gasteiger partial charge in [-0.25, -0.2) is 0 Å². The molecule has 4 rings (SSSR count). The van der Waals surface area contributed by atoms with Crippen LogP contribution in [0.5, 0.6) is 5.75 Å². The maximum absolute atomic E-state index is 13.0. The average molecular weight is 417 g/mol. The van der Waals surface area contributed by atoms with Crippen LogP contribution >= 0.6 is 11.8 Å². The molecule has 0 atom stereocenters. The highest BCUT2D eigenvalue weighted by Crippen LogP contribution is 2.35. The maximum Gasteiger partial charge on any atom is 0.267 e. The first kappa shape index (κ1) is 19.7. The van der Waals surface area contributed by atoms with E-state index in [2.05, 4.69) is 10.2 Å². The van der Waals surface area contributed by atoms with E-state index in [1.165, 1.54) is 16.7 Å². The molecule has 2 heterocycles. The van der Waals surface area contributed by atoms with Crippen molar-refractivity contribution < 1.29 is 14.3 Å². The summed E-state index contributed by atoms with van der Waals surface area (Å²) in [6.45, 7) is 2.24. The van der Waals surface area contributed by atoms with Crippen molar-refractivity contribution >= 4 is 35.1 Å². The number of carbonyl (C=O) groups excluding carboxylic acids is 1. The minimum Gasteiger partial charge on any atom is -0.507 e. The molecule has 0 unspecified atom stereocenters. The zero-order valence-electron chi connectivity index (χ0n) is 16.2. The molecule has 1 aromatic heterocycles. The smallest absolute Gasteiger partial charge is 0.267 e. The summed E-state index contributed by atoms with van der Waals surface area (Å²) in [4.78, 5) is 15.0. The van der Waals surface area contributed by atoms with Gasteiger partial charge in [-0.15, -0.1) is 5.10 Å². The maximum atomic E-state index is 13.0. The lowest BCUT2D eigenvalue weighted by molar-refractivity contribution is -0.122. The van der Waals surface area contributed by atoms with E-state index in [1.807, 2.05) is 31.2 Å². The van der Waals surface area contributed by atoms with Gasteiger partial charge in [-0.05, 0) is 54.1 Å². The van der Waals surface area contributed by atoms with Crippen molar-refractivity contribution in [2.75, 3.05) is 0 Å². The molecular formula is C23H19N3O3S. The number of aromatic hydroxyl groups is 1. The number of rotatable bonds is 5. The number of furan rings is 1. The predicted octanol–water partition coefficient (Wildman–Crippen LogP) is 4.80. The highest BCUT2D eigenvalue weighted by atomic mass is 32.2. The third-order valence-corrected chi connectivity index (χ3v) is 5.53. The summed E-state index contributed by atoms with van der Waals surface area (Å²) in [7, 11) is 0. The Morgan fingerprint density at radius 2 is 1.83 bits per heavy atom. The van der Waals surface area contributed by atoms with Crippen molar-refractivity contribution in [1.82, 2.24) is 4.90 Å². The summed E-state index contributed by atoms with van der Waals surface area (Å²) in [5.41, 5.74) is 2.61. The van der Waals surface area contributed by atoms with Crippen molar-refractivity contribution in [2.24, 2.45) is 10.2 Å². The Morgan fingerprint density at radius 3 is 2.57 bits per heavy atom. The second kappa shape index (κ2) is 8.84. The molecule has 0 bridgehead atoms. The van der Waals surface area contributed by atoms with Crippen LogP contribution in [0.1, 0.15) is 22.5 Å². The van der Waals surface area contributed by atoms with Gasteiger partial charge >= 0.3 is 0 Å². The fraction of sp³-hybridized carbons (Fsp3) is 0.0870. The third-order valence-electron chi connectivity index (χ3n) is 4.53. The summed E-state index contributed by atoms with van der Waals surface area (Å²) in [6, 6.07) is 18.3. The van der Waals surface area contributed by atoms with E-state index in [0.29, 0.717) is 21.4 Å². The molecule has 0 radical (unpaired) electrons. The van der Waals surface area contributed by atoms with Gasteiger partial charge in [0.2, 0.25) is 0 Å². The number of aryl methyl sites for hydroxylation is 1. The summed E-state index contributed by atoms with van der Waals surface area (Å²) >= 11 is 1.21. The monoisotopic (exact) mass is 417 g/mol. The number of hydrogen-bond donors (Lipinski definition) is 1. The molecule has 2 aromatic carbocycles. The summed E-state index contributed by atoms with van der Waals surface area (Å²) in [5.74, 6) is 0.534. The van der Waals surface area contributed by atoms with Gasteiger partial charge in [0, 0.05) is 5.56 Å². The Hall–Kier alpha value is -3.58. The molecule has 1 amide bonds. The van der Waals surface area contributed by atoms with Gasteiger partial charge in [0.15, 0.2) is 5.17 Å². The summed E-state index contributed by atoms with van der Waals surface area (Å²) in [6.07, 6.45) is 4.89. The van der Waals surface area contributed by atoms with Gasteiger partial charge in [-0.1, -0.05) is 42.5 Å². The van der Waals surface area contributed by atoms with Gasteiger partial charge in [0.05, 0.1) is 23.9 Å². The standard InChI is InChI=1S/C23H19N3O3S/c1-16-7-2-3-9-18(16)14-24-25-23-26(15-19-10-6-12-29-19)22(28)21(30-23)13-17-8-4-5-11-20(17)27/h2-14,27H,15H2,1H3/b21-13-,24-14-,25-23+. The molecule has 1 fully saturated rings. The van der Waals surface area contributed by atoms with Crippen LogP contribution < -0.4 is 0 Å². The molecular weight excluding hydrogens is 398 g/mol. The van der Waals surface area contributed by atoms with E-state index in [4.69, 9.17) is 4.42 Å². The number of para-hydroxylation sites is 1.